The number of ether oxygens (including phenoxy) is 1. The van der Waals surface area contributed by atoms with Crippen LogP contribution in [0.1, 0.15) is 25.0 Å². The van der Waals surface area contributed by atoms with Crippen molar-refractivity contribution in [2.45, 2.75) is 32.2 Å². The quantitative estimate of drug-likeness (QED) is 0.616. The van der Waals surface area contributed by atoms with Gasteiger partial charge in [-0.2, -0.15) is 0 Å². The molecule has 0 aliphatic carbocycles. The molecule has 4 heteroatoms. The van der Waals surface area contributed by atoms with Crippen LogP contribution in [0.2, 0.25) is 0 Å². The third-order valence-corrected chi connectivity index (χ3v) is 3.75. The molecule has 106 valence electrons. The van der Waals surface area contributed by atoms with Gasteiger partial charge in [0.05, 0.1) is 12.9 Å². The highest BCUT2D eigenvalue weighted by molar-refractivity contribution is 8.00. The lowest BCUT2D eigenvalue weighted by atomic mass is 10.1. The molecule has 1 N–H and O–H groups in total. The van der Waals surface area contributed by atoms with Crippen molar-refractivity contribution in [3.63, 3.8) is 0 Å². The van der Waals surface area contributed by atoms with E-state index in [4.69, 9.17) is 0 Å². The standard InChI is InChI=1S/C15H23NO2S/c1-11(2)8-16-9-13-7-12(3)5-6-14(13)19-10-15(17)18-4/h5-7,11,16H,8-10H2,1-4H3. The fraction of sp³-hybridized carbons (Fsp3) is 0.533. The molecule has 0 heterocycles. The molecule has 19 heavy (non-hydrogen) atoms. The van der Waals surface area contributed by atoms with E-state index in [1.54, 1.807) is 0 Å². The lowest BCUT2D eigenvalue weighted by molar-refractivity contribution is -0.137. The van der Waals surface area contributed by atoms with E-state index in [0.717, 1.165) is 18.0 Å². The van der Waals surface area contributed by atoms with Gasteiger partial charge in [-0.1, -0.05) is 31.5 Å². The van der Waals surface area contributed by atoms with E-state index in [1.165, 1.54) is 30.0 Å². The Labute approximate surface area is 120 Å². The number of rotatable bonds is 7. The fourth-order valence-electron chi connectivity index (χ4n) is 1.68. The first-order chi connectivity index (χ1) is 9.02. The second kappa shape index (κ2) is 8.23. The molecular weight excluding hydrogens is 258 g/mol. The van der Waals surface area contributed by atoms with E-state index in [9.17, 15) is 4.79 Å². The summed E-state index contributed by atoms with van der Waals surface area (Å²) in [5, 5.41) is 3.44. The van der Waals surface area contributed by atoms with Crippen LogP contribution in [-0.2, 0) is 16.1 Å². The molecule has 0 aromatic heterocycles. The number of esters is 1. The highest BCUT2D eigenvalue weighted by Gasteiger charge is 2.07. The third kappa shape index (κ3) is 6.12. The zero-order valence-corrected chi connectivity index (χ0v) is 13.0. The summed E-state index contributed by atoms with van der Waals surface area (Å²) in [6.07, 6.45) is 0. The predicted octanol–water partition coefficient (Wildman–Crippen LogP) is 3.01. The highest BCUT2D eigenvalue weighted by atomic mass is 32.2. The number of carbonyl (C=O) groups is 1. The maximum Gasteiger partial charge on any atom is 0.315 e. The van der Waals surface area contributed by atoms with Crippen LogP contribution in [0.3, 0.4) is 0 Å². The van der Waals surface area contributed by atoms with Gasteiger partial charge in [0.25, 0.3) is 0 Å². The maximum atomic E-state index is 11.2. The number of thioether (sulfide) groups is 1. The van der Waals surface area contributed by atoms with Crippen LogP contribution in [0.5, 0.6) is 0 Å². The van der Waals surface area contributed by atoms with Crippen molar-refractivity contribution in [2.75, 3.05) is 19.4 Å². The number of hydrogen-bond donors (Lipinski definition) is 1. The van der Waals surface area contributed by atoms with Crippen LogP contribution < -0.4 is 5.32 Å². The molecule has 1 aromatic carbocycles. The van der Waals surface area contributed by atoms with Crippen LogP contribution in [0.25, 0.3) is 0 Å². The minimum absolute atomic E-state index is 0.188. The molecule has 0 amide bonds. The molecule has 1 aromatic rings. The second-order valence-corrected chi connectivity index (χ2v) is 6.02. The van der Waals surface area contributed by atoms with Crippen molar-refractivity contribution >= 4 is 17.7 Å². The van der Waals surface area contributed by atoms with Crippen LogP contribution in [0, 0.1) is 12.8 Å². The summed E-state index contributed by atoms with van der Waals surface area (Å²) < 4.78 is 4.67. The lowest BCUT2D eigenvalue weighted by Crippen LogP contribution is -2.19. The first kappa shape index (κ1) is 16.1. The monoisotopic (exact) mass is 281 g/mol. The van der Waals surface area contributed by atoms with Gasteiger partial charge in [-0.15, -0.1) is 11.8 Å². The minimum Gasteiger partial charge on any atom is -0.468 e. The van der Waals surface area contributed by atoms with Gasteiger partial charge in [-0.3, -0.25) is 4.79 Å². The SMILES string of the molecule is COC(=O)CSc1ccc(C)cc1CNCC(C)C. The normalized spacial score (nSPS) is 10.8. The van der Waals surface area contributed by atoms with Crippen LogP contribution in [-0.4, -0.2) is 25.4 Å². The summed E-state index contributed by atoms with van der Waals surface area (Å²) in [7, 11) is 1.42. The molecule has 0 bridgehead atoms. The summed E-state index contributed by atoms with van der Waals surface area (Å²) >= 11 is 1.53. The molecule has 0 aliphatic heterocycles. The Morgan fingerprint density at radius 2 is 2.16 bits per heavy atom. The van der Waals surface area contributed by atoms with Crippen molar-refractivity contribution in [2.24, 2.45) is 5.92 Å². The van der Waals surface area contributed by atoms with Gasteiger partial charge in [0.15, 0.2) is 0 Å². The second-order valence-electron chi connectivity index (χ2n) is 5.00. The number of hydrogen-bond acceptors (Lipinski definition) is 4. The van der Waals surface area contributed by atoms with Gasteiger partial charge in [0, 0.05) is 11.4 Å². The Balaban J connectivity index is 2.65. The first-order valence-electron chi connectivity index (χ1n) is 6.52. The Hall–Kier alpha value is -1.00. The molecule has 0 fully saturated rings. The molecule has 0 radical (unpaired) electrons. The Bertz CT molecular complexity index is 419. The van der Waals surface area contributed by atoms with Gasteiger partial charge >= 0.3 is 5.97 Å². The molecular formula is C15H23NO2S. The zero-order chi connectivity index (χ0) is 14.3. The summed E-state index contributed by atoms with van der Waals surface area (Å²) in [4.78, 5) is 12.4. The lowest BCUT2D eigenvalue weighted by Gasteiger charge is -2.12. The number of nitrogens with one attached hydrogen (secondary N) is 1. The van der Waals surface area contributed by atoms with Crippen molar-refractivity contribution in [3.8, 4) is 0 Å². The number of aryl methyl sites for hydroxylation is 1. The number of carbonyl (C=O) groups excluding carboxylic acids is 1. The Kier molecular flexibility index (Phi) is 6.95. The summed E-state index contributed by atoms with van der Waals surface area (Å²) in [5.74, 6) is 0.805. The smallest absolute Gasteiger partial charge is 0.315 e. The van der Waals surface area contributed by atoms with Crippen molar-refractivity contribution in [1.82, 2.24) is 5.32 Å². The summed E-state index contributed by atoms with van der Waals surface area (Å²) in [5.41, 5.74) is 2.48. The highest BCUT2D eigenvalue weighted by Crippen LogP contribution is 2.24. The summed E-state index contributed by atoms with van der Waals surface area (Å²) in [6.45, 7) is 8.30. The van der Waals surface area contributed by atoms with Gasteiger partial charge in [0.1, 0.15) is 0 Å². The van der Waals surface area contributed by atoms with Gasteiger partial charge < -0.3 is 10.1 Å². The van der Waals surface area contributed by atoms with Crippen molar-refractivity contribution in [1.29, 1.82) is 0 Å². The van der Waals surface area contributed by atoms with E-state index < -0.39 is 0 Å². The average molecular weight is 281 g/mol. The molecule has 0 aliphatic rings. The van der Waals surface area contributed by atoms with Crippen molar-refractivity contribution in [3.05, 3.63) is 29.3 Å². The third-order valence-electron chi connectivity index (χ3n) is 2.66. The van der Waals surface area contributed by atoms with Crippen LogP contribution in [0.15, 0.2) is 23.1 Å². The maximum absolute atomic E-state index is 11.2. The van der Waals surface area contributed by atoms with E-state index in [2.05, 4.69) is 49.0 Å². The molecule has 0 unspecified atom stereocenters. The number of benzene rings is 1. The molecule has 3 nitrogen and oxygen atoms in total. The molecule has 0 saturated carbocycles. The topological polar surface area (TPSA) is 38.3 Å². The molecule has 0 atom stereocenters. The molecule has 1 rings (SSSR count). The number of methoxy groups -OCH3 is 1. The van der Waals surface area contributed by atoms with E-state index in [1.807, 2.05) is 0 Å². The van der Waals surface area contributed by atoms with Gasteiger partial charge in [-0.05, 0) is 31.0 Å². The minimum atomic E-state index is -0.188. The Morgan fingerprint density at radius 3 is 2.79 bits per heavy atom. The van der Waals surface area contributed by atoms with Gasteiger partial charge in [-0.25, -0.2) is 0 Å². The van der Waals surface area contributed by atoms with Crippen LogP contribution >= 0.6 is 11.8 Å². The molecule has 0 spiro atoms. The van der Waals surface area contributed by atoms with Crippen LogP contribution in [0.4, 0.5) is 0 Å². The van der Waals surface area contributed by atoms with Gasteiger partial charge in [0.2, 0.25) is 0 Å². The van der Waals surface area contributed by atoms with E-state index in [0.29, 0.717) is 11.7 Å². The zero-order valence-electron chi connectivity index (χ0n) is 12.2. The average Bonchev–Trinajstić information content (AvgIpc) is 2.37. The molecule has 0 saturated heterocycles. The first-order valence-corrected chi connectivity index (χ1v) is 7.51. The van der Waals surface area contributed by atoms with Crippen molar-refractivity contribution < 1.29 is 9.53 Å². The largest absolute Gasteiger partial charge is 0.468 e. The van der Waals surface area contributed by atoms with E-state index >= 15 is 0 Å². The predicted molar refractivity (Wildman–Crippen MR) is 80.5 cm³/mol. The van der Waals surface area contributed by atoms with E-state index in [-0.39, 0.29) is 5.97 Å². The summed E-state index contributed by atoms with van der Waals surface area (Å²) in [6, 6.07) is 6.33. The Morgan fingerprint density at radius 1 is 1.42 bits per heavy atom. The fourth-order valence-corrected chi connectivity index (χ4v) is 2.55.